The molecule has 1 saturated heterocycles. The lowest BCUT2D eigenvalue weighted by molar-refractivity contribution is -0.303. The van der Waals surface area contributed by atoms with Crippen molar-refractivity contribution in [3.8, 4) is 0 Å². The van der Waals surface area contributed by atoms with Crippen molar-refractivity contribution in [1.82, 2.24) is 0 Å². The third-order valence-corrected chi connectivity index (χ3v) is 12.6. The molecule has 17 atom stereocenters. The Morgan fingerprint density at radius 2 is 1.72 bits per heavy atom. The first kappa shape index (κ1) is 33.7. The second-order valence-corrected chi connectivity index (χ2v) is 15.3. The average molecular weight is 613 g/mol. The lowest BCUT2D eigenvalue weighted by atomic mass is 9.46. The molecule has 1 heterocycles. The van der Waals surface area contributed by atoms with Crippen molar-refractivity contribution in [2.24, 2.45) is 46.3 Å². The lowest BCUT2D eigenvalue weighted by Gasteiger charge is -2.60. The Bertz CT molecular complexity index is 991. The molecule has 0 amide bonds. The maximum Gasteiger partial charge on any atom is 0.186 e. The summed E-state index contributed by atoms with van der Waals surface area (Å²) in [4.78, 5) is 0. The monoisotopic (exact) mass is 612 g/mol. The van der Waals surface area contributed by atoms with Crippen LogP contribution in [0.5, 0.6) is 0 Å². The van der Waals surface area contributed by atoms with Crippen molar-refractivity contribution in [2.45, 2.75) is 134 Å². The first-order valence-corrected chi connectivity index (χ1v) is 16.6. The van der Waals surface area contributed by atoms with Gasteiger partial charge < -0.3 is 50.3 Å². The van der Waals surface area contributed by atoms with Gasteiger partial charge in [0.25, 0.3) is 0 Å². The van der Waals surface area contributed by atoms with Crippen molar-refractivity contribution < 1.29 is 50.3 Å². The number of rotatable bonds is 9. The molecule has 0 bridgehead atoms. The van der Waals surface area contributed by atoms with Gasteiger partial charge in [-0.2, -0.15) is 0 Å². The summed E-state index contributed by atoms with van der Waals surface area (Å²) >= 11 is 0. The summed E-state index contributed by atoms with van der Waals surface area (Å²) in [5, 5.41) is 84.4. The summed E-state index contributed by atoms with van der Waals surface area (Å²) in [5.41, 5.74) is 0.873. The van der Waals surface area contributed by atoms with Crippen molar-refractivity contribution in [3.05, 3.63) is 11.6 Å². The van der Waals surface area contributed by atoms with E-state index in [-0.39, 0.29) is 59.0 Å². The van der Waals surface area contributed by atoms with Gasteiger partial charge in [0.2, 0.25) is 0 Å². The van der Waals surface area contributed by atoms with Gasteiger partial charge in [-0.3, -0.25) is 0 Å². The standard InChI is InChI=1S/C33H56O10/c1-16(15-42-31-30(41)29(40)28(39)25(14-34)43-31)5-8-22(36)17(2)26-23(37)12-21-20-7-6-18-11-19(35)9-10-32(18,3)27(20)24(38)13-33(21,26)4/h6,16-17,19-31,34-41H,5,7-15H2,1-4H3/t16-,17-,19+,20+,21+,22+,23+,24-,25-,26+,27-,28-,29+,30-,31-,32+,33+/m1/s1. The van der Waals surface area contributed by atoms with Crippen LogP contribution in [0, 0.1) is 46.3 Å². The van der Waals surface area contributed by atoms with Gasteiger partial charge in [0, 0.05) is 0 Å². The third-order valence-electron chi connectivity index (χ3n) is 12.6. The Morgan fingerprint density at radius 1 is 1.00 bits per heavy atom. The van der Waals surface area contributed by atoms with E-state index < -0.39 is 55.6 Å². The topological polar surface area (TPSA) is 180 Å². The molecule has 8 N–H and O–H groups in total. The molecule has 4 aliphatic carbocycles. The molecular weight excluding hydrogens is 556 g/mol. The molecule has 0 radical (unpaired) electrons. The molecule has 0 unspecified atom stereocenters. The van der Waals surface area contributed by atoms with E-state index in [2.05, 4.69) is 19.9 Å². The predicted octanol–water partition coefficient (Wildman–Crippen LogP) is 1.10. The number of allylic oxidation sites excluding steroid dienone is 1. The van der Waals surface area contributed by atoms with E-state index in [1.807, 2.05) is 13.8 Å². The molecule has 0 spiro atoms. The van der Waals surface area contributed by atoms with Gasteiger partial charge in [0.1, 0.15) is 24.4 Å². The van der Waals surface area contributed by atoms with Crippen molar-refractivity contribution in [1.29, 1.82) is 0 Å². The van der Waals surface area contributed by atoms with Crippen molar-refractivity contribution >= 4 is 0 Å². The smallest absolute Gasteiger partial charge is 0.186 e. The van der Waals surface area contributed by atoms with Crippen molar-refractivity contribution in [3.63, 3.8) is 0 Å². The average Bonchev–Trinajstić information content (AvgIpc) is 3.23. The summed E-state index contributed by atoms with van der Waals surface area (Å²) in [6, 6.07) is 0. The molecular formula is C33H56O10. The first-order valence-electron chi connectivity index (χ1n) is 16.6. The van der Waals surface area contributed by atoms with Crippen LogP contribution >= 0.6 is 0 Å². The number of ether oxygens (including phenoxy) is 2. The molecule has 0 aromatic heterocycles. The lowest BCUT2D eigenvalue weighted by Crippen LogP contribution is -2.59. The molecule has 10 heteroatoms. The summed E-state index contributed by atoms with van der Waals surface area (Å²) in [5.74, 6) is 0.303. The summed E-state index contributed by atoms with van der Waals surface area (Å²) in [6.45, 7) is 8.13. The van der Waals surface area contributed by atoms with Crippen LogP contribution in [0.1, 0.15) is 79.1 Å². The highest BCUT2D eigenvalue weighted by Gasteiger charge is 2.64. The van der Waals surface area contributed by atoms with E-state index in [9.17, 15) is 40.9 Å². The minimum Gasteiger partial charge on any atom is -0.394 e. The summed E-state index contributed by atoms with van der Waals surface area (Å²) in [6.07, 6.45) is -0.691. The molecule has 5 aliphatic rings. The summed E-state index contributed by atoms with van der Waals surface area (Å²) < 4.78 is 11.1. The fourth-order valence-electron chi connectivity index (χ4n) is 10.3. The molecule has 0 aromatic carbocycles. The quantitative estimate of drug-likeness (QED) is 0.176. The van der Waals surface area contributed by atoms with Gasteiger partial charge in [-0.25, -0.2) is 0 Å². The Hall–Kier alpha value is -0.660. The molecule has 248 valence electrons. The molecule has 5 rings (SSSR count). The maximum absolute atomic E-state index is 11.7. The van der Waals surface area contributed by atoms with E-state index in [1.165, 1.54) is 5.57 Å². The van der Waals surface area contributed by atoms with E-state index in [0.29, 0.717) is 32.1 Å². The highest BCUT2D eigenvalue weighted by atomic mass is 16.7. The summed E-state index contributed by atoms with van der Waals surface area (Å²) in [7, 11) is 0. The van der Waals surface area contributed by atoms with Crippen LogP contribution in [0.2, 0.25) is 0 Å². The van der Waals surface area contributed by atoms with Crippen LogP contribution in [0.15, 0.2) is 11.6 Å². The van der Waals surface area contributed by atoms with Crippen LogP contribution in [0.25, 0.3) is 0 Å². The minimum atomic E-state index is -1.49. The molecule has 0 aromatic rings. The zero-order chi connectivity index (χ0) is 31.4. The number of hydrogen-bond acceptors (Lipinski definition) is 10. The van der Waals surface area contributed by atoms with E-state index in [4.69, 9.17) is 9.47 Å². The molecule has 4 fully saturated rings. The molecule has 43 heavy (non-hydrogen) atoms. The minimum absolute atomic E-state index is 0.0127. The first-order chi connectivity index (χ1) is 20.2. The van der Waals surface area contributed by atoms with Gasteiger partial charge in [0.15, 0.2) is 6.29 Å². The Morgan fingerprint density at radius 3 is 2.42 bits per heavy atom. The second-order valence-electron chi connectivity index (χ2n) is 15.3. The highest BCUT2D eigenvalue weighted by molar-refractivity contribution is 5.27. The zero-order valence-corrected chi connectivity index (χ0v) is 26.2. The highest BCUT2D eigenvalue weighted by Crippen LogP contribution is 2.67. The van der Waals surface area contributed by atoms with Crippen molar-refractivity contribution in [2.75, 3.05) is 13.2 Å². The molecule has 10 nitrogen and oxygen atoms in total. The number of hydrogen-bond donors (Lipinski definition) is 8. The zero-order valence-electron chi connectivity index (χ0n) is 26.2. The number of aliphatic hydroxyl groups excluding tert-OH is 8. The van der Waals surface area contributed by atoms with Gasteiger partial charge in [0.05, 0.1) is 37.6 Å². The Kier molecular flexibility index (Phi) is 10.1. The normalized spacial score (nSPS) is 50.2. The molecule has 3 saturated carbocycles. The van der Waals surface area contributed by atoms with Crippen LogP contribution in [-0.4, -0.2) is 109 Å². The number of aliphatic hydroxyl groups is 8. The number of fused-ring (bicyclic) bond motifs is 5. The fraction of sp³-hybridized carbons (Fsp3) is 0.939. The van der Waals surface area contributed by atoms with Gasteiger partial charge in [-0.15, -0.1) is 0 Å². The van der Waals surface area contributed by atoms with E-state index >= 15 is 0 Å². The predicted molar refractivity (Wildman–Crippen MR) is 157 cm³/mol. The Balaban J connectivity index is 1.19. The van der Waals surface area contributed by atoms with Crippen LogP contribution in [0.4, 0.5) is 0 Å². The fourth-order valence-corrected chi connectivity index (χ4v) is 10.3. The Labute approximate surface area is 255 Å². The third kappa shape index (κ3) is 5.99. The van der Waals surface area contributed by atoms with Gasteiger partial charge in [-0.1, -0.05) is 39.3 Å². The second kappa shape index (κ2) is 12.9. The van der Waals surface area contributed by atoms with Gasteiger partial charge in [-0.05, 0) is 97.7 Å². The van der Waals surface area contributed by atoms with Crippen LogP contribution in [0.3, 0.4) is 0 Å². The van der Waals surface area contributed by atoms with E-state index in [1.54, 1.807) is 0 Å². The van der Waals surface area contributed by atoms with Crippen LogP contribution in [-0.2, 0) is 9.47 Å². The van der Waals surface area contributed by atoms with Gasteiger partial charge >= 0.3 is 0 Å². The largest absolute Gasteiger partial charge is 0.394 e. The maximum atomic E-state index is 11.7. The SMILES string of the molecule is C[C@H](CC[C@H](O)[C@@H](C)[C@H]1[C@@H](O)C[C@H]2[C@@H]3CC=C4C[C@@H](O)CC[C@]4(C)[C@H]3[C@H](O)C[C@]12C)CO[C@@H]1O[C@H](CO)[C@@H](O)[C@H](O)[C@H]1O. The van der Waals surface area contributed by atoms with E-state index in [0.717, 1.165) is 19.3 Å². The molecule has 1 aliphatic heterocycles. The van der Waals surface area contributed by atoms with Crippen LogP contribution < -0.4 is 0 Å².